The van der Waals surface area contributed by atoms with Crippen LogP contribution in [0.2, 0.25) is 0 Å². The minimum absolute atomic E-state index is 0.00218. The molecule has 1 aliphatic rings. The van der Waals surface area contributed by atoms with Gasteiger partial charge >= 0.3 is 5.97 Å². The number of esters is 1. The number of hydrogen-bond donors (Lipinski definition) is 1. The number of rotatable bonds is 4. The summed E-state index contributed by atoms with van der Waals surface area (Å²) in [4.78, 5) is 22.3. The molecular formula is C14H14N2O4. The monoisotopic (exact) mass is 274 g/mol. The predicted molar refractivity (Wildman–Crippen MR) is 72.8 cm³/mol. The van der Waals surface area contributed by atoms with Crippen molar-refractivity contribution in [1.29, 1.82) is 0 Å². The molecule has 20 heavy (non-hydrogen) atoms. The van der Waals surface area contributed by atoms with E-state index in [1.807, 2.05) is 0 Å². The zero-order chi connectivity index (χ0) is 14.5. The van der Waals surface area contributed by atoms with Gasteiger partial charge in [-0.2, -0.15) is 0 Å². The molecule has 1 aromatic rings. The number of allylic oxidation sites excluding steroid dienone is 1. The van der Waals surface area contributed by atoms with Crippen LogP contribution in [0.4, 0.5) is 5.69 Å². The van der Waals surface area contributed by atoms with Crippen LogP contribution in [-0.4, -0.2) is 17.5 Å². The van der Waals surface area contributed by atoms with E-state index in [0.29, 0.717) is 11.1 Å². The van der Waals surface area contributed by atoms with Crippen LogP contribution in [0.3, 0.4) is 0 Å². The van der Waals surface area contributed by atoms with Crippen LogP contribution in [0.25, 0.3) is 0 Å². The SMILES string of the molecule is CCOC(=O)C1=CNC=CC1c1cccc([N+](=O)[O-])c1. The number of ether oxygens (including phenoxy) is 1. The first kappa shape index (κ1) is 13.8. The normalized spacial score (nSPS) is 17.1. The van der Waals surface area contributed by atoms with Gasteiger partial charge in [0.1, 0.15) is 0 Å². The predicted octanol–water partition coefficient (Wildman–Crippen LogP) is 2.24. The zero-order valence-corrected chi connectivity index (χ0v) is 10.9. The van der Waals surface area contributed by atoms with E-state index in [-0.39, 0.29) is 18.2 Å². The molecule has 1 aromatic carbocycles. The minimum atomic E-state index is -0.456. The standard InChI is InChI=1S/C14H14N2O4/c1-2-20-14(17)13-9-15-7-6-12(13)10-4-3-5-11(8-10)16(18)19/h3-9,12,15H,2H2,1H3. The van der Waals surface area contributed by atoms with E-state index >= 15 is 0 Å². The molecule has 1 unspecified atom stereocenters. The van der Waals surface area contributed by atoms with Crippen molar-refractivity contribution in [3.63, 3.8) is 0 Å². The molecule has 1 N–H and O–H groups in total. The lowest BCUT2D eigenvalue weighted by atomic mass is 9.90. The van der Waals surface area contributed by atoms with Gasteiger partial charge in [-0.15, -0.1) is 0 Å². The summed E-state index contributed by atoms with van der Waals surface area (Å²) in [6, 6.07) is 6.24. The van der Waals surface area contributed by atoms with Crippen LogP contribution in [-0.2, 0) is 9.53 Å². The van der Waals surface area contributed by atoms with E-state index in [0.717, 1.165) is 0 Å². The molecule has 0 bridgehead atoms. The number of nitrogens with one attached hydrogen (secondary N) is 1. The zero-order valence-electron chi connectivity index (χ0n) is 10.9. The molecule has 0 radical (unpaired) electrons. The van der Waals surface area contributed by atoms with Crippen LogP contribution in [0.5, 0.6) is 0 Å². The molecule has 0 amide bonds. The lowest BCUT2D eigenvalue weighted by molar-refractivity contribution is -0.384. The molecular weight excluding hydrogens is 260 g/mol. The third-order valence-electron chi connectivity index (χ3n) is 2.91. The highest BCUT2D eigenvalue weighted by Gasteiger charge is 2.24. The molecule has 1 atom stereocenters. The molecule has 2 rings (SSSR count). The van der Waals surface area contributed by atoms with Gasteiger partial charge in [-0.1, -0.05) is 18.2 Å². The molecule has 0 saturated carbocycles. The summed E-state index contributed by atoms with van der Waals surface area (Å²) >= 11 is 0. The van der Waals surface area contributed by atoms with Crippen molar-refractivity contribution in [1.82, 2.24) is 5.32 Å². The summed E-state index contributed by atoms with van der Waals surface area (Å²) < 4.78 is 5.00. The highest BCUT2D eigenvalue weighted by Crippen LogP contribution is 2.30. The molecule has 0 spiro atoms. The quantitative estimate of drug-likeness (QED) is 0.517. The first-order chi connectivity index (χ1) is 9.63. The van der Waals surface area contributed by atoms with E-state index in [9.17, 15) is 14.9 Å². The number of hydrogen-bond acceptors (Lipinski definition) is 5. The van der Waals surface area contributed by atoms with E-state index in [4.69, 9.17) is 4.74 Å². The topological polar surface area (TPSA) is 81.5 Å². The Kier molecular flexibility index (Phi) is 4.14. The second-order valence-corrected chi connectivity index (χ2v) is 4.18. The summed E-state index contributed by atoms with van der Waals surface area (Å²) in [5, 5.41) is 13.7. The Labute approximate surface area is 115 Å². The number of nitro groups is 1. The molecule has 1 aliphatic heterocycles. The fourth-order valence-electron chi connectivity index (χ4n) is 2.01. The Morgan fingerprint density at radius 2 is 2.30 bits per heavy atom. The van der Waals surface area contributed by atoms with Crippen molar-refractivity contribution in [3.05, 3.63) is 64.0 Å². The highest BCUT2D eigenvalue weighted by atomic mass is 16.6. The van der Waals surface area contributed by atoms with Crippen molar-refractivity contribution in [3.8, 4) is 0 Å². The maximum atomic E-state index is 11.9. The third kappa shape index (κ3) is 2.85. The first-order valence-corrected chi connectivity index (χ1v) is 6.17. The van der Waals surface area contributed by atoms with Crippen molar-refractivity contribution in [2.75, 3.05) is 6.61 Å². The Hall–Kier alpha value is -2.63. The second kappa shape index (κ2) is 6.01. The summed E-state index contributed by atoms with van der Waals surface area (Å²) in [7, 11) is 0. The van der Waals surface area contributed by atoms with Gasteiger partial charge in [0.15, 0.2) is 0 Å². The maximum Gasteiger partial charge on any atom is 0.336 e. The third-order valence-corrected chi connectivity index (χ3v) is 2.91. The minimum Gasteiger partial charge on any atom is -0.463 e. The molecule has 0 fully saturated rings. The maximum absolute atomic E-state index is 11.9. The van der Waals surface area contributed by atoms with Crippen molar-refractivity contribution in [2.45, 2.75) is 12.8 Å². The lowest BCUT2D eigenvalue weighted by Gasteiger charge is -2.19. The van der Waals surface area contributed by atoms with Crippen molar-refractivity contribution >= 4 is 11.7 Å². The fourth-order valence-corrected chi connectivity index (χ4v) is 2.01. The van der Waals surface area contributed by atoms with Crippen LogP contribution in [0, 0.1) is 10.1 Å². The molecule has 6 heteroatoms. The molecule has 0 saturated heterocycles. The number of dihydropyridines is 1. The first-order valence-electron chi connectivity index (χ1n) is 6.17. The number of carbonyl (C=O) groups excluding carboxylic acids is 1. The van der Waals surface area contributed by atoms with Gasteiger partial charge in [0.05, 0.1) is 17.1 Å². The van der Waals surface area contributed by atoms with Gasteiger partial charge in [-0.25, -0.2) is 4.79 Å². The Morgan fingerprint density at radius 1 is 1.50 bits per heavy atom. The average Bonchev–Trinajstić information content (AvgIpc) is 2.47. The van der Waals surface area contributed by atoms with Gasteiger partial charge < -0.3 is 10.1 Å². The lowest BCUT2D eigenvalue weighted by Crippen LogP contribution is -2.19. The van der Waals surface area contributed by atoms with Gasteiger partial charge in [0.25, 0.3) is 5.69 Å². The number of benzene rings is 1. The summed E-state index contributed by atoms with van der Waals surface area (Å²) in [6.07, 6.45) is 5.01. The summed E-state index contributed by atoms with van der Waals surface area (Å²) in [5.74, 6) is -0.781. The Morgan fingerprint density at radius 3 is 3.00 bits per heavy atom. The summed E-state index contributed by atoms with van der Waals surface area (Å²) in [5.41, 5.74) is 1.10. The van der Waals surface area contributed by atoms with Crippen LogP contribution >= 0.6 is 0 Å². The van der Waals surface area contributed by atoms with Crippen molar-refractivity contribution < 1.29 is 14.5 Å². The smallest absolute Gasteiger partial charge is 0.336 e. The molecule has 104 valence electrons. The van der Waals surface area contributed by atoms with Gasteiger partial charge in [0.2, 0.25) is 0 Å². The Bertz CT molecular complexity index is 593. The van der Waals surface area contributed by atoms with E-state index < -0.39 is 10.9 Å². The van der Waals surface area contributed by atoms with E-state index in [2.05, 4.69) is 5.32 Å². The average molecular weight is 274 g/mol. The molecule has 0 aliphatic carbocycles. The molecule has 1 heterocycles. The van der Waals surface area contributed by atoms with Gasteiger partial charge in [0, 0.05) is 24.3 Å². The second-order valence-electron chi connectivity index (χ2n) is 4.18. The van der Waals surface area contributed by atoms with Crippen LogP contribution in [0.15, 0.2) is 48.3 Å². The van der Waals surface area contributed by atoms with Crippen molar-refractivity contribution in [2.24, 2.45) is 0 Å². The number of nitrogens with zero attached hydrogens (tertiary/aromatic N) is 1. The number of nitro benzene ring substituents is 1. The Balaban J connectivity index is 2.34. The number of non-ortho nitro benzene ring substituents is 1. The van der Waals surface area contributed by atoms with E-state index in [1.165, 1.54) is 12.1 Å². The van der Waals surface area contributed by atoms with E-state index in [1.54, 1.807) is 37.5 Å². The highest BCUT2D eigenvalue weighted by molar-refractivity contribution is 5.91. The van der Waals surface area contributed by atoms with Gasteiger partial charge in [-0.05, 0) is 18.7 Å². The fraction of sp³-hybridized carbons (Fsp3) is 0.214. The van der Waals surface area contributed by atoms with Crippen LogP contribution < -0.4 is 5.32 Å². The largest absolute Gasteiger partial charge is 0.463 e. The molecule has 6 nitrogen and oxygen atoms in total. The number of carbonyl (C=O) groups is 1. The van der Waals surface area contributed by atoms with Crippen LogP contribution in [0.1, 0.15) is 18.4 Å². The van der Waals surface area contributed by atoms with Gasteiger partial charge in [-0.3, -0.25) is 10.1 Å². The molecule has 0 aromatic heterocycles. The summed E-state index contributed by atoms with van der Waals surface area (Å²) in [6.45, 7) is 2.01.